The fourth-order valence-corrected chi connectivity index (χ4v) is 3.57. The molecule has 9 heteroatoms. The zero-order valence-corrected chi connectivity index (χ0v) is 15.9. The molecule has 26 heavy (non-hydrogen) atoms. The monoisotopic (exact) mass is 393 g/mol. The lowest BCUT2D eigenvalue weighted by Gasteiger charge is -2.36. The lowest BCUT2D eigenvalue weighted by Crippen LogP contribution is -2.52. The maximum Gasteiger partial charge on any atom is 0.317 e. The lowest BCUT2D eigenvalue weighted by molar-refractivity contribution is -0.115. The molecule has 0 spiro atoms. The van der Waals surface area contributed by atoms with Gasteiger partial charge in [0.2, 0.25) is 5.91 Å². The number of nitrogens with one attached hydrogen (secondary N) is 2. The Hall–Kier alpha value is -2.32. The number of anilines is 2. The van der Waals surface area contributed by atoms with Crippen LogP contribution in [0.15, 0.2) is 29.6 Å². The number of rotatable bonds is 4. The van der Waals surface area contributed by atoms with Crippen LogP contribution in [0.25, 0.3) is 0 Å². The SMILES string of the molecule is Cc1csc(NC(=O)CNC(=O)N2CCN(c3cccc(Cl)c3)CC2)n1. The Morgan fingerprint density at radius 3 is 2.69 bits per heavy atom. The molecular weight excluding hydrogens is 374 g/mol. The molecule has 1 aromatic heterocycles. The fourth-order valence-electron chi connectivity index (χ4n) is 2.68. The zero-order valence-electron chi connectivity index (χ0n) is 14.4. The number of thiazole rings is 1. The molecule has 1 aliphatic heterocycles. The van der Waals surface area contributed by atoms with Crippen LogP contribution in [0.4, 0.5) is 15.6 Å². The highest BCUT2D eigenvalue weighted by Crippen LogP contribution is 2.20. The summed E-state index contributed by atoms with van der Waals surface area (Å²) in [5.74, 6) is -0.287. The molecule has 2 aromatic rings. The Morgan fingerprint density at radius 1 is 1.27 bits per heavy atom. The third-order valence-electron chi connectivity index (χ3n) is 4.01. The molecule has 3 amide bonds. The van der Waals surface area contributed by atoms with Gasteiger partial charge >= 0.3 is 6.03 Å². The number of nitrogens with zero attached hydrogens (tertiary/aromatic N) is 3. The van der Waals surface area contributed by atoms with Crippen LogP contribution in [0.5, 0.6) is 0 Å². The summed E-state index contributed by atoms with van der Waals surface area (Å²) < 4.78 is 0. The number of aromatic nitrogens is 1. The van der Waals surface area contributed by atoms with Gasteiger partial charge in [0.1, 0.15) is 0 Å². The van der Waals surface area contributed by atoms with E-state index in [9.17, 15) is 9.59 Å². The first-order valence-corrected chi connectivity index (χ1v) is 9.52. The molecular formula is C17H20ClN5O2S. The molecule has 0 radical (unpaired) electrons. The Kier molecular flexibility index (Phi) is 5.95. The highest BCUT2D eigenvalue weighted by Gasteiger charge is 2.21. The minimum atomic E-state index is -0.287. The summed E-state index contributed by atoms with van der Waals surface area (Å²) in [6, 6.07) is 7.45. The van der Waals surface area contributed by atoms with E-state index in [4.69, 9.17) is 11.6 Å². The summed E-state index contributed by atoms with van der Waals surface area (Å²) in [6.07, 6.45) is 0. The normalized spacial score (nSPS) is 14.2. The van der Waals surface area contributed by atoms with Crippen molar-refractivity contribution in [3.63, 3.8) is 0 Å². The van der Waals surface area contributed by atoms with Gasteiger partial charge in [0.25, 0.3) is 0 Å². The quantitative estimate of drug-likeness (QED) is 0.836. The van der Waals surface area contributed by atoms with Crippen molar-refractivity contribution in [2.75, 3.05) is 42.9 Å². The molecule has 7 nitrogen and oxygen atoms in total. The number of benzene rings is 1. The molecule has 0 saturated carbocycles. The van der Waals surface area contributed by atoms with Crippen LogP contribution in [0.2, 0.25) is 5.02 Å². The molecule has 2 heterocycles. The molecule has 3 rings (SSSR count). The summed E-state index contributed by atoms with van der Waals surface area (Å²) in [4.78, 5) is 32.2. The van der Waals surface area contributed by atoms with Crippen molar-refractivity contribution >= 4 is 45.7 Å². The Bertz CT molecular complexity index is 789. The number of hydrogen-bond donors (Lipinski definition) is 2. The van der Waals surface area contributed by atoms with Gasteiger partial charge in [-0.05, 0) is 25.1 Å². The maximum absolute atomic E-state index is 12.2. The first-order chi connectivity index (χ1) is 12.5. The number of carbonyl (C=O) groups excluding carboxylic acids is 2. The molecule has 0 bridgehead atoms. The van der Waals surface area contributed by atoms with Gasteiger partial charge in [0.05, 0.1) is 12.2 Å². The van der Waals surface area contributed by atoms with Gasteiger partial charge in [-0.15, -0.1) is 11.3 Å². The summed E-state index contributed by atoms with van der Waals surface area (Å²) in [6.45, 7) is 4.40. The molecule has 1 saturated heterocycles. The number of piperazine rings is 1. The minimum absolute atomic E-state index is 0.0774. The number of amides is 3. The standard InChI is InChI=1S/C17H20ClN5O2S/c1-12-11-26-16(20-12)21-15(24)10-19-17(25)23-7-5-22(6-8-23)14-4-2-3-13(18)9-14/h2-4,9,11H,5-8,10H2,1H3,(H,19,25)(H,20,21,24). The van der Waals surface area contributed by atoms with E-state index in [1.165, 1.54) is 11.3 Å². The average molecular weight is 394 g/mol. The molecule has 0 unspecified atom stereocenters. The molecule has 0 atom stereocenters. The van der Waals surface area contributed by atoms with Gasteiger partial charge in [-0.3, -0.25) is 4.79 Å². The first-order valence-electron chi connectivity index (χ1n) is 8.26. The van der Waals surface area contributed by atoms with E-state index in [-0.39, 0.29) is 18.5 Å². The summed E-state index contributed by atoms with van der Waals surface area (Å²) in [5.41, 5.74) is 1.91. The van der Waals surface area contributed by atoms with Crippen molar-refractivity contribution in [3.05, 3.63) is 40.4 Å². The smallest absolute Gasteiger partial charge is 0.317 e. The van der Waals surface area contributed by atoms with Crippen molar-refractivity contribution in [1.29, 1.82) is 0 Å². The number of aryl methyl sites for hydroxylation is 1. The van der Waals surface area contributed by atoms with E-state index in [1.54, 1.807) is 4.90 Å². The number of urea groups is 1. The second-order valence-corrected chi connectivity index (χ2v) is 7.25. The molecule has 0 aliphatic carbocycles. The topological polar surface area (TPSA) is 77.6 Å². The fraction of sp³-hybridized carbons (Fsp3) is 0.353. The second kappa shape index (κ2) is 8.37. The van der Waals surface area contributed by atoms with Gasteiger partial charge in [-0.1, -0.05) is 17.7 Å². The minimum Gasteiger partial charge on any atom is -0.368 e. The van der Waals surface area contributed by atoms with Gasteiger partial charge < -0.3 is 20.4 Å². The highest BCUT2D eigenvalue weighted by molar-refractivity contribution is 7.13. The van der Waals surface area contributed by atoms with Crippen LogP contribution in [0, 0.1) is 6.92 Å². The number of hydrogen-bond acceptors (Lipinski definition) is 5. The van der Waals surface area contributed by atoms with Crippen molar-refractivity contribution in [3.8, 4) is 0 Å². The van der Waals surface area contributed by atoms with E-state index in [0.29, 0.717) is 23.2 Å². The van der Waals surface area contributed by atoms with Crippen LogP contribution in [0.1, 0.15) is 5.69 Å². The van der Waals surface area contributed by atoms with E-state index >= 15 is 0 Å². The Morgan fingerprint density at radius 2 is 2.04 bits per heavy atom. The average Bonchev–Trinajstić information content (AvgIpc) is 3.04. The first kappa shape index (κ1) is 18.5. The van der Waals surface area contributed by atoms with E-state index in [1.807, 2.05) is 36.6 Å². The lowest BCUT2D eigenvalue weighted by atomic mass is 10.2. The van der Waals surface area contributed by atoms with Crippen LogP contribution >= 0.6 is 22.9 Å². The third-order valence-corrected chi connectivity index (χ3v) is 5.12. The van der Waals surface area contributed by atoms with Crippen LogP contribution in [0.3, 0.4) is 0 Å². The molecule has 1 fully saturated rings. The summed E-state index contributed by atoms with van der Waals surface area (Å²) in [7, 11) is 0. The van der Waals surface area contributed by atoms with Crippen LogP contribution in [-0.2, 0) is 4.79 Å². The van der Waals surface area contributed by atoms with Gasteiger partial charge in [0.15, 0.2) is 5.13 Å². The van der Waals surface area contributed by atoms with Crippen LogP contribution in [-0.4, -0.2) is 54.5 Å². The van der Waals surface area contributed by atoms with E-state index in [0.717, 1.165) is 24.5 Å². The van der Waals surface area contributed by atoms with E-state index in [2.05, 4.69) is 20.5 Å². The molecule has 1 aromatic carbocycles. The van der Waals surface area contributed by atoms with Crippen molar-refractivity contribution in [2.24, 2.45) is 0 Å². The molecule has 1 aliphatic rings. The predicted octanol–water partition coefficient (Wildman–Crippen LogP) is 2.58. The number of carbonyl (C=O) groups is 2. The number of halogens is 1. The zero-order chi connectivity index (χ0) is 18.5. The summed E-state index contributed by atoms with van der Waals surface area (Å²) in [5, 5.41) is 8.42. The van der Waals surface area contributed by atoms with Crippen molar-refractivity contribution < 1.29 is 9.59 Å². The summed E-state index contributed by atoms with van der Waals surface area (Å²) >= 11 is 7.39. The van der Waals surface area contributed by atoms with Gasteiger partial charge in [0, 0.05) is 42.3 Å². The maximum atomic E-state index is 12.2. The third kappa shape index (κ3) is 4.86. The Balaban J connectivity index is 1.42. The van der Waals surface area contributed by atoms with E-state index < -0.39 is 0 Å². The second-order valence-electron chi connectivity index (χ2n) is 5.95. The highest BCUT2D eigenvalue weighted by atomic mass is 35.5. The molecule has 138 valence electrons. The largest absolute Gasteiger partial charge is 0.368 e. The predicted molar refractivity (Wildman–Crippen MR) is 104 cm³/mol. The van der Waals surface area contributed by atoms with Crippen molar-refractivity contribution in [1.82, 2.24) is 15.2 Å². The molecule has 2 N–H and O–H groups in total. The Labute approximate surface area is 161 Å². The van der Waals surface area contributed by atoms with Crippen molar-refractivity contribution in [2.45, 2.75) is 6.92 Å². The van der Waals surface area contributed by atoms with Gasteiger partial charge in [-0.2, -0.15) is 0 Å². The van der Waals surface area contributed by atoms with Gasteiger partial charge in [-0.25, -0.2) is 9.78 Å². The van der Waals surface area contributed by atoms with Crippen LogP contribution < -0.4 is 15.5 Å².